The number of alkyl carbamates (subject to hydrolysis) is 1. The maximum absolute atomic E-state index is 12.4. The summed E-state index contributed by atoms with van der Waals surface area (Å²) in [5.74, 6) is 3.91. The molecule has 0 aliphatic carbocycles. The number of aliphatic carboxylic acids is 1. The molecule has 0 unspecified atom stereocenters. The number of hydrogen-bond acceptors (Lipinski definition) is 7. The van der Waals surface area contributed by atoms with Gasteiger partial charge in [-0.2, -0.15) is 0 Å². The van der Waals surface area contributed by atoms with Crippen LogP contribution in [-0.4, -0.2) is 49.7 Å². The van der Waals surface area contributed by atoms with Crippen LogP contribution >= 0.6 is 0 Å². The highest BCUT2D eigenvalue weighted by Gasteiger charge is 2.23. The highest BCUT2D eigenvalue weighted by molar-refractivity contribution is 7.90. The highest BCUT2D eigenvalue weighted by atomic mass is 32.2. The van der Waals surface area contributed by atoms with Gasteiger partial charge in [-0.15, -0.1) is 0 Å². The Labute approximate surface area is 176 Å². The van der Waals surface area contributed by atoms with E-state index in [-0.39, 0.29) is 30.2 Å². The molecule has 0 fully saturated rings. The van der Waals surface area contributed by atoms with Crippen LogP contribution in [-0.2, 0) is 19.6 Å². The summed E-state index contributed by atoms with van der Waals surface area (Å²) in [6, 6.07) is 5.04. The number of benzene rings is 1. The quantitative estimate of drug-likeness (QED) is 0.129. The number of nitrogens with two attached hydrogens (primary N) is 1. The van der Waals surface area contributed by atoms with Gasteiger partial charge in [-0.1, -0.05) is 17.7 Å². The summed E-state index contributed by atoms with van der Waals surface area (Å²) in [6.45, 7) is 6.89. The lowest BCUT2D eigenvalue weighted by Crippen LogP contribution is -2.44. The average Bonchev–Trinajstić information content (AvgIpc) is 2.61. The fraction of sp³-hybridized carbons (Fsp3) is 0.500. The van der Waals surface area contributed by atoms with Crippen LogP contribution in [0.5, 0.6) is 0 Å². The molecule has 12 heteroatoms. The number of rotatable bonds is 8. The molecule has 0 aliphatic rings. The average molecular weight is 444 g/mol. The van der Waals surface area contributed by atoms with Gasteiger partial charge in [0.05, 0.1) is 4.90 Å². The van der Waals surface area contributed by atoms with Crippen molar-refractivity contribution in [2.75, 3.05) is 6.54 Å². The zero-order valence-electron chi connectivity index (χ0n) is 17.4. The van der Waals surface area contributed by atoms with Crippen LogP contribution in [0.2, 0.25) is 0 Å². The molecule has 1 atom stereocenters. The molecule has 6 N–H and O–H groups in total. The molecular formula is C18H29N5O6S. The van der Waals surface area contributed by atoms with Crippen LogP contribution in [0.3, 0.4) is 0 Å². The molecule has 0 radical (unpaired) electrons. The third-order valence-electron chi connectivity index (χ3n) is 3.61. The fourth-order valence-corrected chi connectivity index (χ4v) is 3.19. The van der Waals surface area contributed by atoms with Gasteiger partial charge in [0.15, 0.2) is 0 Å². The SMILES string of the molecule is Cc1ccc(S(=O)(=O)NC(=NCCC[C@H](NC(=O)OC(C)(C)C)C(=O)O)NN)cc1. The lowest BCUT2D eigenvalue weighted by molar-refractivity contribution is -0.139. The van der Waals surface area contributed by atoms with Gasteiger partial charge in [0.1, 0.15) is 11.6 Å². The number of amides is 1. The Morgan fingerprint density at radius 1 is 1.23 bits per heavy atom. The fourth-order valence-electron chi connectivity index (χ4n) is 2.20. The number of carbonyl (C=O) groups is 2. The normalized spacial score (nSPS) is 13.3. The highest BCUT2D eigenvalue weighted by Crippen LogP contribution is 2.10. The van der Waals surface area contributed by atoms with E-state index in [4.69, 9.17) is 10.6 Å². The molecule has 1 amide bonds. The molecule has 30 heavy (non-hydrogen) atoms. The van der Waals surface area contributed by atoms with Gasteiger partial charge in [-0.3, -0.25) is 10.4 Å². The van der Waals surface area contributed by atoms with E-state index in [9.17, 15) is 23.1 Å². The second-order valence-electron chi connectivity index (χ2n) is 7.47. The Bertz CT molecular complexity index is 862. The summed E-state index contributed by atoms with van der Waals surface area (Å²) in [6.07, 6.45) is -0.543. The Morgan fingerprint density at radius 2 is 1.83 bits per heavy atom. The third-order valence-corrected chi connectivity index (χ3v) is 4.96. The minimum Gasteiger partial charge on any atom is -0.480 e. The van der Waals surface area contributed by atoms with Crippen LogP contribution in [0.4, 0.5) is 4.79 Å². The van der Waals surface area contributed by atoms with Gasteiger partial charge in [0.2, 0.25) is 5.96 Å². The number of hydrazine groups is 1. The Hall–Kier alpha value is -2.86. The standard InChI is InChI=1S/C18H29N5O6S/c1-12-7-9-13(10-8-12)30(27,28)23-16(22-19)20-11-5-6-14(15(24)25)21-17(26)29-18(2,3)4/h7-10,14H,5-6,11,19H2,1-4H3,(H,21,26)(H,24,25)(H2,20,22,23)/t14-/m0/s1. The van der Waals surface area contributed by atoms with Gasteiger partial charge in [-0.25, -0.2) is 28.6 Å². The monoisotopic (exact) mass is 443 g/mol. The van der Waals surface area contributed by atoms with E-state index < -0.39 is 33.7 Å². The number of sulfonamides is 1. The summed E-state index contributed by atoms with van der Waals surface area (Å²) in [5.41, 5.74) is 2.32. The molecule has 0 aromatic heterocycles. The molecule has 0 bridgehead atoms. The molecule has 0 spiro atoms. The van der Waals surface area contributed by atoms with E-state index in [1.165, 1.54) is 12.1 Å². The van der Waals surface area contributed by atoms with Crippen molar-refractivity contribution in [3.8, 4) is 0 Å². The first-order valence-electron chi connectivity index (χ1n) is 9.17. The van der Waals surface area contributed by atoms with Crippen LogP contribution in [0.1, 0.15) is 39.2 Å². The predicted molar refractivity (Wildman–Crippen MR) is 111 cm³/mol. The number of nitrogens with zero attached hydrogens (tertiary/aromatic N) is 1. The molecule has 0 aliphatic heterocycles. The van der Waals surface area contributed by atoms with Crippen LogP contribution in [0, 0.1) is 6.92 Å². The zero-order chi connectivity index (χ0) is 22.9. The van der Waals surface area contributed by atoms with E-state index >= 15 is 0 Å². The Kier molecular flexibility index (Phi) is 9.05. The van der Waals surface area contributed by atoms with Crippen LogP contribution in [0.15, 0.2) is 34.2 Å². The minimum absolute atomic E-state index is 0.0450. The van der Waals surface area contributed by atoms with E-state index in [0.717, 1.165) is 5.56 Å². The number of guanidine groups is 1. The second-order valence-corrected chi connectivity index (χ2v) is 9.15. The summed E-state index contributed by atoms with van der Waals surface area (Å²) in [5, 5.41) is 11.5. The molecule has 168 valence electrons. The topological polar surface area (TPSA) is 172 Å². The van der Waals surface area contributed by atoms with Crippen molar-refractivity contribution in [1.29, 1.82) is 0 Å². The lowest BCUT2D eigenvalue weighted by atomic mass is 10.1. The Morgan fingerprint density at radius 3 is 2.33 bits per heavy atom. The van der Waals surface area contributed by atoms with E-state index in [0.29, 0.717) is 0 Å². The van der Waals surface area contributed by atoms with Crippen molar-refractivity contribution in [3.05, 3.63) is 29.8 Å². The summed E-state index contributed by atoms with van der Waals surface area (Å²) >= 11 is 0. The molecule has 0 heterocycles. The number of carbonyl (C=O) groups excluding carboxylic acids is 1. The van der Waals surface area contributed by atoms with Crippen molar-refractivity contribution in [2.45, 2.75) is 57.1 Å². The summed E-state index contributed by atoms with van der Waals surface area (Å²) in [7, 11) is -3.88. The number of ether oxygens (including phenoxy) is 1. The number of carboxylic acids is 1. The first-order chi connectivity index (χ1) is 13.8. The minimum atomic E-state index is -3.88. The Balaban J connectivity index is 2.64. The third kappa shape index (κ3) is 9.09. The predicted octanol–water partition coefficient (Wildman–Crippen LogP) is 0.851. The van der Waals surface area contributed by atoms with Crippen molar-refractivity contribution in [3.63, 3.8) is 0 Å². The first kappa shape index (κ1) is 25.2. The molecule has 0 saturated carbocycles. The maximum atomic E-state index is 12.4. The van der Waals surface area contributed by atoms with Crippen molar-refractivity contribution in [1.82, 2.24) is 15.5 Å². The van der Waals surface area contributed by atoms with Gasteiger partial charge < -0.3 is 15.2 Å². The largest absolute Gasteiger partial charge is 0.480 e. The zero-order valence-corrected chi connectivity index (χ0v) is 18.2. The van der Waals surface area contributed by atoms with Crippen molar-refractivity contribution >= 4 is 28.0 Å². The van der Waals surface area contributed by atoms with Crippen LogP contribution in [0.25, 0.3) is 0 Å². The first-order valence-corrected chi connectivity index (χ1v) is 10.7. The number of nitrogens with one attached hydrogen (secondary N) is 3. The van der Waals surface area contributed by atoms with Gasteiger partial charge in [-0.05, 0) is 52.7 Å². The van der Waals surface area contributed by atoms with E-state index in [1.807, 2.05) is 6.92 Å². The number of hydrogen-bond donors (Lipinski definition) is 5. The summed E-state index contributed by atoms with van der Waals surface area (Å²) < 4.78 is 32.0. The second kappa shape index (κ2) is 10.8. The molecule has 11 nitrogen and oxygen atoms in total. The van der Waals surface area contributed by atoms with Crippen molar-refractivity contribution in [2.24, 2.45) is 10.8 Å². The summed E-state index contributed by atoms with van der Waals surface area (Å²) in [4.78, 5) is 27.1. The number of aryl methyl sites for hydroxylation is 1. The number of aliphatic imine (C=N–C) groups is 1. The van der Waals surface area contributed by atoms with Gasteiger partial charge >= 0.3 is 12.1 Å². The molecule has 1 rings (SSSR count). The van der Waals surface area contributed by atoms with E-state index in [2.05, 4.69) is 20.5 Å². The lowest BCUT2D eigenvalue weighted by Gasteiger charge is -2.21. The smallest absolute Gasteiger partial charge is 0.408 e. The molecule has 1 aromatic rings. The van der Waals surface area contributed by atoms with Gasteiger partial charge in [0.25, 0.3) is 10.0 Å². The number of carboxylic acid groups (broad SMARTS) is 1. The van der Waals surface area contributed by atoms with Gasteiger partial charge in [0, 0.05) is 6.54 Å². The molecule has 1 aromatic carbocycles. The van der Waals surface area contributed by atoms with Crippen molar-refractivity contribution < 1.29 is 27.9 Å². The molecule has 0 saturated heterocycles. The molecular weight excluding hydrogens is 414 g/mol. The maximum Gasteiger partial charge on any atom is 0.408 e. The van der Waals surface area contributed by atoms with E-state index in [1.54, 1.807) is 32.9 Å². The van der Waals surface area contributed by atoms with Crippen LogP contribution < -0.4 is 21.3 Å².